The van der Waals surface area contributed by atoms with Gasteiger partial charge in [0.25, 0.3) is 5.91 Å². The Balaban J connectivity index is 0.00000169. The highest BCUT2D eigenvalue weighted by Crippen LogP contribution is 2.21. The van der Waals surface area contributed by atoms with Crippen molar-refractivity contribution in [1.82, 2.24) is 19.9 Å². The molecule has 0 radical (unpaired) electrons. The highest BCUT2D eigenvalue weighted by Gasteiger charge is 2.27. The van der Waals surface area contributed by atoms with Gasteiger partial charge in [-0.2, -0.15) is 4.98 Å². The van der Waals surface area contributed by atoms with E-state index in [1.165, 1.54) is 0 Å². The van der Waals surface area contributed by atoms with Crippen LogP contribution in [0.1, 0.15) is 42.0 Å². The molecule has 1 atom stereocenters. The molecular weight excluding hydrogens is 377 g/mol. The number of carbonyl (C=O) groups excluding carboxylic acids is 1. The molecule has 2 heterocycles. The number of nitrogens with two attached hydrogens (primary N) is 1. The molecule has 144 valence electrons. The van der Waals surface area contributed by atoms with E-state index in [9.17, 15) is 4.79 Å². The number of nitrogens with zero attached hydrogens (tertiary/aromatic N) is 4. The lowest BCUT2D eigenvalue weighted by Gasteiger charge is -2.36. The fourth-order valence-corrected chi connectivity index (χ4v) is 2.90. The highest BCUT2D eigenvalue weighted by atomic mass is 35.5. The van der Waals surface area contributed by atoms with Crippen LogP contribution in [0.4, 0.5) is 5.69 Å². The van der Waals surface area contributed by atoms with Gasteiger partial charge >= 0.3 is 0 Å². The van der Waals surface area contributed by atoms with Gasteiger partial charge in [-0.05, 0) is 25.1 Å². The van der Waals surface area contributed by atoms with Crippen molar-refractivity contribution in [3.8, 4) is 0 Å². The number of carbonyl (C=O) groups is 1. The van der Waals surface area contributed by atoms with Gasteiger partial charge in [-0.3, -0.25) is 9.69 Å². The maximum absolute atomic E-state index is 12.6. The van der Waals surface area contributed by atoms with Crippen LogP contribution in [0.5, 0.6) is 0 Å². The van der Waals surface area contributed by atoms with Gasteiger partial charge in [-0.15, -0.1) is 24.8 Å². The van der Waals surface area contributed by atoms with Crippen molar-refractivity contribution in [3.05, 3.63) is 41.5 Å². The molecular formula is C17H25Cl2N5O2. The normalized spacial score (nSPS) is 15.7. The largest absolute Gasteiger partial charge is 0.399 e. The van der Waals surface area contributed by atoms with Gasteiger partial charge in [-0.25, -0.2) is 0 Å². The van der Waals surface area contributed by atoms with Crippen molar-refractivity contribution in [2.45, 2.75) is 26.3 Å². The van der Waals surface area contributed by atoms with Crippen molar-refractivity contribution in [2.24, 2.45) is 0 Å². The molecule has 0 bridgehead atoms. The van der Waals surface area contributed by atoms with E-state index in [0.717, 1.165) is 25.3 Å². The summed E-state index contributed by atoms with van der Waals surface area (Å²) in [6.07, 6.45) is 0.763. The van der Waals surface area contributed by atoms with E-state index < -0.39 is 0 Å². The van der Waals surface area contributed by atoms with Crippen LogP contribution >= 0.6 is 24.8 Å². The minimum absolute atomic E-state index is 0. The van der Waals surface area contributed by atoms with Crippen molar-refractivity contribution in [2.75, 3.05) is 31.9 Å². The molecule has 0 spiro atoms. The van der Waals surface area contributed by atoms with Crippen molar-refractivity contribution >= 4 is 36.4 Å². The monoisotopic (exact) mass is 401 g/mol. The number of anilines is 1. The Labute approximate surface area is 165 Å². The van der Waals surface area contributed by atoms with Crippen LogP contribution in [0.3, 0.4) is 0 Å². The topological polar surface area (TPSA) is 88.5 Å². The van der Waals surface area contributed by atoms with Crippen LogP contribution in [0.25, 0.3) is 0 Å². The van der Waals surface area contributed by atoms with E-state index >= 15 is 0 Å². The van der Waals surface area contributed by atoms with Crippen LogP contribution in [-0.2, 0) is 6.42 Å². The minimum Gasteiger partial charge on any atom is -0.399 e. The molecule has 1 amide bonds. The first-order chi connectivity index (χ1) is 11.6. The number of hydrogen-bond acceptors (Lipinski definition) is 6. The zero-order chi connectivity index (χ0) is 17.1. The lowest BCUT2D eigenvalue weighted by atomic mass is 10.1. The average molecular weight is 402 g/mol. The predicted octanol–water partition coefficient (Wildman–Crippen LogP) is 2.58. The van der Waals surface area contributed by atoms with Gasteiger partial charge in [-0.1, -0.05) is 18.1 Å². The Morgan fingerprint density at radius 3 is 2.54 bits per heavy atom. The molecule has 1 unspecified atom stereocenters. The van der Waals surface area contributed by atoms with E-state index in [1.807, 2.05) is 17.9 Å². The number of aromatic nitrogens is 2. The Morgan fingerprint density at radius 2 is 1.96 bits per heavy atom. The third-order valence-electron chi connectivity index (χ3n) is 4.44. The lowest BCUT2D eigenvalue weighted by molar-refractivity contribution is 0.0551. The third kappa shape index (κ3) is 4.87. The number of rotatable bonds is 4. The van der Waals surface area contributed by atoms with Crippen LogP contribution in [0.2, 0.25) is 0 Å². The van der Waals surface area contributed by atoms with Crippen molar-refractivity contribution in [1.29, 1.82) is 0 Å². The van der Waals surface area contributed by atoms with E-state index in [2.05, 4.69) is 22.0 Å². The van der Waals surface area contributed by atoms with Crippen molar-refractivity contribution < 1.29 is 9.32 Å². The number of piperazine rings is 1. The zero-order valence-electron chi connectivity index (χ0n) is 14.9. The van der Waals surface area contributed by atoms with Crippen LogP contribution in [-0.4, -0.2) is 52.0 Å². The van der Waals surface area contributed by atoms with Gasteiger partial charge in [0.05, 0.1) is 6.04 Å². The maximum atomic E-state index is 12.6. The van der Waals surface area contributed by atoms with E-state index in [1.54, 1.807) is 18.2 Å². The number of aryl methyl sites for hydroxylation is 1. The highest BCUT2D eigenvalue weighted by molar-refractivity contribution is 5.95. The molecule has 1 aliphatic rings. The van der Waals surface area contributed by atoms with Crippen molar-refractivity contribution in [3.63, 3.8) is 0 Å². The summed E-state index contributed by atoms with van der Waals surface area (Å²) in [4.78, 5) is 21.1. The SMILES string of the molecule is CCc1noc(C(C)N2CCN(C(=O)c3cccc(N)c3)CC2)n1.Cl.Cl. The van der Waals surface area contributed by atoms with Crippen LogP contribution in [0, 0.1) is 0 Å². The summed E-state index contributed by atoms with van der Waals surface area (Å²) in [5.74, 6) is 1.40. The van der Waals surface area contributed by atoms with Gasteiger partial charge in [0.15, 0.2) is 5.82 Å². The smallest absolute Gasteiger partial charge is 0.254 e. The first-order valence-electron chi connectivity index (χ1n) is 8.30. The van der Waals surface area contributed by atoms with Gasteiger partial charge < -0.3 is 15.2 Å². The summed E-state index contributed by atoms with van der Waals surface area (Å²) < 4.78 is 5.33. The maximum Gasteiger partial charge on any atom is 0.254 e. The summed E-state index contributed by atoms with van der Waals surface area (Å²) in [5, 5.41) is 3.95. The second kappa shape index (κ2) is 9.75. The molecule has 1 saturated heterocycles. The van der Waals surface area contributed by atoms with E-state index in [-0.39, 0.29) is 36.8 Å². The molecule has 1 aromatic carbocycles. The summed E-state index contributed by atoms with van der Waals surface area (Å²) in [6, 6.07) is 7.18. The number of benzene rings is 1. The molecule has 3 rings (SSSR count). The number of hydrogen-bond donors (Lipinski definition) is 1. The Kier molecular flexibility index (Phi) is 8.33. The van der Waals surface area contributed by atoms with Gasteiger partial charge in [0, 0.05) is 43.9 Å². The molecule has 2 aromatic rings. The summed E-state index contributed by atoms with van der Waals surface area (Å²) in [5.41, 5.74) is 7.01. The molecule has 1 fully saturated rings. The molecule has 2 N–H and O–H groups in total. The standard InChI is InChI=1S/C17H23N5O2.2ClH/c1-3-15-19-16(24-20-15)12(2)21-7-9-22(10-8-21)17(23)13-5-4-6-14(18)11-13;;/h4-6,11-12H,3,7-10,18H2,1-2H3;2*1H. The fourth-order valence-electron chi connectivity index (χ4n) is 2.90. The first kappa shape index (κ1) is 22.2. The molecule has 0 saturated carbocycles. The average Bonchev–Trinajstić information content (AvgIpc) is 3.10. The van der Waals surface area contributed by atoms with Crippen LogP contribution < -0.4 is 5.73 Å². The molecule has 1 aliphatic heterocycles. The summed E-state index contributed by atoms with van der Waals surface area (Å²) in [7, 11) is 0. The zero-order valence-corrected chi connectivity index (χ0v) is 16.6. The van der Waals surface area contributed by atoms with Crippen LogP contribution in [0.15, 0.2) is 28.8 Å². The Morgan fingerprint density at radius 1 is 1.27 bits per heavy atom. The summed E-state index contributed by atoms with van der Waals surface area (Å²) >= 11 is 0. The number of halogens is 2. The second-order valence-electron chi connectivity index (χ2n) is 6.03. The fraction of sp³-hybridized carbons (Fsp3) is 0.471. The quantitative estimate of drug-likeness (QED) is 0.791. The van der Waals surface area contributed by atoms with Gasteiger partial charge in [0.2, 0.25) is 5.89 Å². The lowest BCUT2D eigenvalue weighted by Crippen LogP contribution is -2.49. The van der Waals surface area contributed by atoms with E-state index in [0.29, 0.717) is 30.2 Å². The number of amides is 1. The third-order valence-corrected chi connectivity index (χ3v) is 4.44. The predicted molar refractivity (Wildman–Crippen MR) is 105 cm³/mol. The molecule has 1 aromatic heterocycles. The molecule has 0 aliphatic carbocycles. The molecule has 7 nitrogen and oxygen atoms in total. The summed E-state index contributed by atoms with van der Waals surface area (Å²) in [6.45, 7) is 6.96. The minimum atomic E-state index is 0. The Hall–Kier alpha value is -1.83. The molecule has 26 heavy (non-hydrogen) atoms. The second-order valence-corrected chi connectivity index (χ2v) is 6.03. The van der Waals surface area contributed by atoms with Gasteiger partial charge in [0.1, 0.15) is 0 Å². The molecule has 9 heteroatoms. The first-order valence-corrected chi connectivity index (χ1v) is 8.30. The number of nitrogen functional groups attached to an aromatic ring is 1. The van der Waals surface area contributed by atoms with E-state index in [4.69, 9.17) is 10.3 Å². The Bertz CT molecular complexity index is 717.